The van der Waals surface area contributed by atoms with Crippen LogP contribution < -0.4 is 9.64 Å². The van der Waals surface area contributed by atoms with Gasteiger partial charge in [-0.15, -0.1) is 0 Å². The van der Waals surface area contributed by atoms with E-state index in [1.54, 1.807) is 7.11 Å². The summed E-state index contributed by atoms with van der Waals surface area (Å²) in [5.74, 6) is 2.25. The van der Waals surface area contributed by atoms with Crippen molar-refractivity contribution >= 4 is 16.5 Å². The molecule has 0 N–H and O–H groups in total. The van der Waals surface area contributed by atoms with E-state index in [0.717, 1.165) is 24.8 Å². The van der Waals surface area contributed by atoms with E-state index >= 15 is 0 Å². The van der Waals surface area contributed by atoms with Gasteiger partial charge in [-0.3, -0.25) is 0 Å². The second kappa shape index (κ2) is 8.04. The second-order valence-electron chi connectivity index (χ2n) is 7.86. The zero-order valence-electron chi connectivity index (χ0n) is 16.4. The molecule has 3 aromatic carbocycles. The molecule has 1 saturated heterocycles. The van der Waals surface area contributed by atoms with Crippen molar-refractivity contribution in [3.8, 4) is 5.75 Å². The third kappa shape index (κ3) is 3.95. The van der Waals surface area contributed by atoms with Gasteiger partial charge in [-0.25, -0.2) is 0 Å². The number of benzene rings is 3. The van der Waals surface area contributed by atoms with Gasteiger partial charge in [-0.2, -0.15) is 0 Å². The molecule has 0 aromatic heterocycles. The number of nitrogens with zero attached hydrogens (tertiary/aromatic N) is 1. The number of fused-ring (bicyclic) bond motifs is 1. The molecular formula is C25H29NO. The molecule has 4 rings (SSSR count). The fourth-order valence-electron chi connectivity index (χ4n) is 4.61. The van der Waals surface area contributed by atoms with Gasteiger partial charge in [0.1, 0.15) is 5.75 Å². The molecule has 0 amide bonds. The molecule has 0 aliphatic carbocycles. The van der Waals surface area contributed by atoms with Crippen molar-refractivity contribution in [2.75, 3.05) is 25.1 Å². The summed E-state index contributed by atoms with van der Waals surface area (Å²) in [6.45, 7) is 4.68. The lowest BCUT2D eigenvalue weighted by atomic mass is 9.84. The highest BCUT2D eigenvalue weighted by Gasteiger charge is 2.23. The highest BCUT2D eigenvalue weighted by atomic mass is 16.5. The number of rotatable bonds is 5. The zero-order valence-corrected chi connectivity index (χ0v) is 16.4. The third-order valence-corrected chi connectivity index (χ3v) is 5.98. The average molecular weight is 360 g/mol. The molecule has 2 nitrogen and oxygen atoms in total. The Hall–Kier alpha value is -2.48. The first kappa shape index (κ1) is 17.9. The van der Waals surface area contributed by atoms with Crippen molar-refractivity contribution in [2.24, 2.45) is 5.92 Å². The Morgan fingerprint density at radius 1 is 1.04 bits per heavy atom. The van der Waals surface area contributed by atoms with Gasteiger partial charge >= 0.3 is 0 Å². The molecule has 1 aliphatic heterocycles. The average Bonchev–Trinajstić information content (AvgIpc) is 2.73. The van der Waals surface area contributed by atoms with Gasteiger partial charge in [0.2, 0.25) is 0 Å². The predicted molar refractivity (Wildman–Crippen MR) is 115 cm³/mol. The first-order chi connectivity index (χ1) is 13.2. The van der Waals surface area contributed by atoms with Crippen molar-refractivity contribution < 1.29 is 4.74 Å². The van der Waals surface area contributed by atoms with Crippen LogP contribution in [0.4, 0.5) is 5.69 Å². The highest BCUT2D eigenvalue weighted by Crippen LogP contribution is 2.34. The van der Waals surface area contributed by atoms with Crippen LogP contribution in [0.3, 0.4) is 0 Å². The van der Waals surface area contributed by atoms with Gasteiger partial charge in [0, 0.05) is 24.8 Å². The Bertz CT molecular complexity index is 898. The summed E-state index contributed by atoms with van der Waals surface area (Å²) < 4.78 is 5.41. The Kier molecular flexibility index (Phi) is 5.33. The first-order valence-electron chi connectivity index (χ1n) is 10.1. The van der Waals surface area contributed by atoms with E-state index in [9.17, 15) is 0 Å². The summed E-state index contributed by atoms with van der Waals surface area (Å²) in [6.07, 6.45) is 3.84. The minimum Gasteiger partial charge on any atom is -0.497 e. The van der Waals surface area contributed by atoms with Crippen LogP contribution >= 0.6 is 0 Å². The van der Waals surface area contributed by atoms with E-state index in [1.165, 1.54) is 41.3 Å². The monoisotopic (exact) mass is 359 g/mol. The zero-order chi connectivity index (χ0) is 18.6. The van der Waals surface area contributed by atoms with Crippen LogP contribution in [-0.4, -0.2) is 20.2 Å². The molecule has 2 atom stereocenters. The Morgan fingerprint density at radius 2 is 1.85 bits per heavy atom. The van der Waals surface area contributed by atoms with Crippen molar-refractivity contribution in [3.63, 3.8) is 0 Å². The smallest absolute Gasteiger partial charge is 0.120 e. The number of anilines is 1. The lowest BCUT2D eigenvalue weighted by molar-refractivity contribution is 0.370. The van der Waals surface area contributed by atoms with Gasteiger partial charge in [0.15, 0.2) is 0 Å². The number of hydrogen-bond acceptors (Lipinski definition) is 2. The highest BCUT2D eigenvalue weighted by molar-refractivity contribution is 5.86. The Labute approximate surface area is 162 Å². The topological polar surface area (TPSA) is 12.5 Å². The predicted octanol–water partition coefficient (Wildman–Crippen LogP) is 6.26. The quantitative estimate of drug-likeness (QED) is 0.533. The summed E-state index contributed by atoms with van der Waals surface area (Å²) in [4.78, 5) is 2.53. The maximum atomic E-state index is 5.41. The van der Waals surface area contributed by atoms with E-state index in [1.807, 2.05) is 6.07 Å². The molecule has 1 fully saturated rings. The lowest BCUT2D eigenvalue weighted by Crippen LogP contribution is -2.35. The number of piperidine rings is 1. The van der Waals surface area contributed by atoms with Crippen LogP contribution in [0, 0.1) is 5.92 Å². The minimum absolute atomic E-state index is 0.575. The summed E-state index contributed by atoms with van der Waals surface area (Å²) in [6, 6.07) is 24.0. The number of hydrogen-bond donors (Lipinski definition) is 0. The van der Waals surface area contributed by atoms with E-state index in [-0.39, 0.29) is 0 Å². The largest absolute Gasteiger partial charge is 0.497 e. The first-order valence-corrected chi connectivity index (χ1v) is 10.1. The fourth-order valence-corrected chi connectivity index (χ4v) is 4.61. The van der Waals surface area contributed by atoms with Gasteiger partial charge in [0.05, 0.1) is 7.11 Å². The van der Waals surface area contributed by atoms with Crippen LogP contribution in [0.25, 0.3) is 10.8 Å². The maximum Gasteiger partial charge on any atom is 0.120 e. The Morgan fingerprint density at radius 3 is 2.74 bits per heavy atom. The van der Waals surface area contributed by atoms with E-state index in [0.29, 0.717) is 5.92 Å². The van der Waals surface area contributed by atoms with Crippen molar-refractivity contribution in [1.29, 1.82) is 0 Å². The van der Waals surface area contributed by atoms with Gasteiger partial charge in [0.25, 0.3) is 0 Å². The molecular weight excluding hydrogens is 330 g/mol. The summed E-state index contributed by atoms with van der Waals surface area (Å²) in [7, 11) is 1.74. The molecule has 0 radical (unpaired) electrons. The van der Waals surface area contributed by atoms with Gasteiger partial charge < -0.3 is 9.64 Å². The minimum atomic E-state index is 0.575. The van der Waals surface area contributed by atoms with Crippen molar-refractivity contribution in [3.05, 3.63) is 72.3 Å². The molecule has 1 aliphatic rings. The van der Waals surface area contributed by atoms with E-state index in [2.05, 4.69) is 72.5 Å². The normalized spacial score (nSPS) is 18.4. The van der Waals surface area contributed by atoms with Crippen LogP contribution in [0.1, 0.15) is 37.7 Å². The van der Waals surface area contributed by atoms with Gasteiger partial charge in [-0.05, 0) is 59.6 Å². The molecule has 0 bridgehead atoms. The molecule has 0 saturated carbocycles. The van der Waals surface area contributed by atoms with Crippen LogP contribution in [-0.2, 0) is 0 Å². The molecule has 0 unspecified atom stereocenters. The maximum absolute atomic E-state index is 5.41. The van der Waals surface area contributed by atoms with E-state index in [4.69, 9.17) is 4.74 Å². The summed E-state index contributed by atoms with van der Waals surface area (Å²) >= 11 is 0. The van der Waals surface area contributed by atoms with Crippen molar-refractivity contribution in [2.45, 2.75) is 32.1 Å². The second-order valence-corrected chi connectivity index (χ2v) is 7.86. The molecule has 1 heterocycles. The molecule has 27 heavy (non-hydrogen) atoms. The molecule has 2 heteroatoms. The standard InChI is InChI=1S/C25H29NO/c1-19(24-14-5-10-21-9-3-4-13-25(21)24)16-20-8-7-15-26(18-20)22-11-6-12-23(17-22)27-2/h3-6,9-14,17,19-20H,7-8,15-16,18H2,1-2H3/t19-,20+/m0/s1. The van der Waals surface area contributed by atoms with Crippen LogP contribution in [0.5, 0.6) is 5.75 Å². The molecule has 140 valence electrons. The molecule has 0 spiro atoms. The number of methoxy groups -OCH3 is 1. The van der Waals surface area contributed by atoms with E-state index < -0.39 is 0 Å². The third-order valence-electron chi connectivity index (χ3n) is 5.98. The Balaban J connectivity index is 1.48. The van der Waals surface area contributed by atoms with Crippen LogP contribution in [0.2, 0.25) is 0 Å². The fraction of sp³-hybridized carbons (Fsp3) is 0.360. The summed E-state index contributed by atoms with van der Waals surface area (Å²) in [5, 5.41) is 2.76. The van der Waals surface area contributed by atoms with Gasteiger partial charge in [-0.1, -0.05) is 55.5 Å². The molecule has 3 aromatic rings. The van der Waals surface area contributed by atoms with Crippen molar-refractivity contribution in [1.82, 2.24) is 0 Å². The SMILES string of the molecule is COc1cccc(N2CCC[C@H](C[C@H](C)c3cccc4ccccc34)C2)c1. The summed E-state index contributed by atoms with van der Waals surface area (Å²) in [5.41, 5.74) is 2.78. The number of ether oxygens (including phenoxy) is 1. The lowest BCUT2D eigenvalue weighted by Gasteiger charge is -2.36. The van der Waals surface area contributed by atoms with Crippen LogP contribution in [0.15, 0.2) is 66.7 Å².